The Bertz CT molecular complexity index is 1010. The smallest absolute Gasteiger partial charge is 0.338 e. The molecule has 5 rings (SSSR count). The second kappa shape index (κ2) is 9.43. The van der Waals surface area contributed by atoms with Crippen molar-refractivity contribution in [3.63, 3.8) is 0 Å². The van der Waals surface area contributed by atoms with Gasteiger partial charge in [0.1, 0.15) is 42.2 Å². The lowest BCUT2D eigenvalue weighted by Crippen LogP contribution is -2.60. The monoisotopic (exact) mass is 512 g/mol. The number of rotatable bonds is 7. The minimum absolute atomic E-state index is 0.0973. The Morgan fingerprint density at radius 2 is 1.89 bits per heavy atom. The van der Waals surface area contributed by atoms with E-state index in [0.29, 0.717) is 0 Å². The SMILES string of the molecule is COc1cc(C(=O)O[C@@H]2[C@@H]3C=CO[C@H](O[C@@H]4O[C@H](CO)[C@@H](O)[C@H](O)[C@H]4O)[C@@H]3[C@@]3(CO)O[C@@H]23)ccc1O. The predicted molar refractivity (Wildman–Crippen MR) is 114 cm³/mol. The maximum atomic E-state index is 12.9. The largest absolute Gasteiger partial charge is 0.504 e. The zero-order valence-corrected chi connectivity index (χ0v) is 19.1. The van der Waals surface area contributed by atoms with Gasteiger partial charge in [0.25, 0.3) is 0 Å². The van der Waals surface area contributed by atoms with E-state index in [1.54, 1.807) is 6.08 Å². The van der Waals surface area contributed by atoms with Gasteiger partial charge in [-0.1, -0.05) is 0 Å². The maximum absolute atomic E-state index is 12.9. The number of esters is 1. The molecule has 3 aliphatic heterocycles. The molecule has 0 amide bonds. The van der Waals surface area contributed by atoms with Crippen LogP contribution in [-0.2, 0) is 23.7 Å². The van der Waals surface area contributed by atoms with E-state index in [9.17, 15) is 35.4 Å². The summed E-state index contributed by atoms with van der Waals surface area (Å²) in [4.78, 5) is 12.9. The molecule has 1 aliphatic carbocycles. The van der Waals surface area contributed by atoms with Crippen LogP contribution in [0.15, 0.2) is 30.5 Å². The third kappa shape index (κ3) is 3.92. The highest BCUT2D eigenvalue weighted by atomic mass is 16.8. The summed E-state index contributed by atoms with van der Waals surface area (Å²) < 4.78 is 33.4. The summed E-state index contributed by atoms with van der Waals surface area (Å²) in [5.41, 5.74) is -1.03. The number of carbonyl (C=O) groups excluding carboxylic acids is 1. The normalized spacial score (nSPS) is 42.7. The number of carbonyl (C=O) groups is 1. The van der Waals surface area contributed by atoms with Gasteiger partial charge in [-0.15, -0.1) is 0 Å². The van der Waals surface area contributed by atoms with Crippen LogP contribution >= 0.6 is 0 Å². The van der Waals surface area contributed by atoms with Gasteiger partial charge in [-0.25, -0.2) is 4.79 Å². The summed E-state index contributed by atoms with van der Waals surface area (Å²) in [7, 11) is 1.35. The molecule has 2 saturated heterocycles. The van der Waals surface area contributed by atoms with E-state index in [0.717, 1.165) is 0 Å². The Morgan fingerprint density at radius 3 is 2.58 bits per heavy atom. The predicted octanol–water partition coefficient (Wildman–Crippen LogP) is -2.01. The topological polar surface area (TPSA) is 197 Å². The molecule has 13 heteroatoms. The van der Waals surface area contributed by atoms with Gasteiger partial charge in [0, 0.05) is 5.92 Å². The van der Waals surface area contributed by atoms with E-state index in [1.807, 2.05) is 0 Å². The third-order valence-corrected chi connectivity index (χ3v) is 7.26. The minimum atomic E-state index is -1.66. The highest BCUT2D eigenvalue weighted by molar-refractivity contribution is 5.90. The number of hydrogen-bond donors (Lipinski definition) is 6. The Hall–Kier alpha value is -2.49. The van der Waals surface area contributed by atoms with Gasteiger partial charge in [-0.3, -0.25) is 0 Å². The van der Waals surface area contributed by atoms with Crippen molar-refractivity contribution in [2.45, 2.75) is 54.8 Å². The molecule has 1 saturated carbocycles. The highest BCUT2D eigenvalue weighted by Crippen LogP contribution is 2.60. The summed E-state index contributed by atoms with van der Waals surface area (Å²) in [6.07, 6.45) is -7.19. The molecule has 13 nitrogen and oxygen atoms in total. The van der Waals surface area contributed by atoms with Crippen molar-refractivity contribution in [3.05, 3.63) is 36.1 Å². The number of ether oxygens (including phenoxy) is 6. The number of methoxy groups -OCH3 is 1. The first kappa shape index (κ1) is 25.2. The molecule has 3 fully saturated rings. The minimum Gasteiger partial charge on any atom is -0.504 e. The first-order valence-electron chi connectivity index (χ1n) is 11.4. The summed E-state index contributed by atoms with van der Waals surface area (Å²) >= 11 is 0. The van der Waals surface area contributed by atoms with Crippen LogP contribution in [0.4, 0.5) is 0 Å². The molecule has 6 N–H and O–H groups in total. The Labute approximate surface area is 205 Å². The van der Waals surface area contributed by atoms with Crippen molar-refractivity contribution in [2.24, 2.45) is 11.8 Å². The summed E-state index contributed by atoms with van der Waals surface area (Å²) in [5.74, 6) is -1.95. The lowest BCUT2D eigenvalue weighted by Gasteiger charge is -2.43. The third-order valence-electron chi connectivity index (χ3n) is 7.26. The van der Waals surface area contributed by atoms with Gasteiger partial charge < -0.3 is 59.1 Å². The molecule has 1 aromatic carbocycles. The summed E-state index contributed by atoms with van der Waals surface area (Å²) in [5, 5.41) is 59.8. The highest BCUT2D eigenvalue weighted by Gasteiger charge is 2.77. The molecular weight excluding hydrogens is 484 g/mol. The fraction of sp³-hybridized carbons (Fsp3) is 0.609. The van der Waals surface area contributed by atoms with Crippen LogP contribution in [0.25, 0.3) is 0 Å². The number of aliphatic hydroxyl groups is 5. The van der Waals surface area contributed by atoms with Crippen molar-refractivity contribution in [1.29, 1.82) is 0 Å². The zero-order valence-electron chi connectivity index (χ0n) is 19.1. The molecule has 4 aliphatic rings. The Morgan fingerprint density at radius 1 is 1.11 bits per heavy atom. The quantitative estimate of drug-likeness (QED) is 0.173. The molecule has 3 heterocycles. The van der Waals surface area contributed by atoms with Gasteiger partial charge in [-0.2, -0.15) is 0 Å². The Kier molecular flexibility index (Phi) is 6.59. The first-order valence-corrected chi connectivity index (χ1v) is 11.4. The fourth-order valence-corrected chi connectivity index (χ4v) is 5.28. The van der Waals surface area contributed by atoms with Crippen molar-refractivity contribution in [1.82, 2.24) is 0 Å². The van der Waals surface area contributed by atoms with Gasteiger partial charge in [-0.05, 0) is 24.3 Å². The molecule has 1 aromatic rings. The van der Waals surface area contributed by atoms with E-state index in [2.05, 4.69) is 0 Å². The maximum Gasteiger partial charge on any atom is 0.338 e. The van der Waals surface area contributed by atoms with Crippen LogP contribution in [0.5, 0.6) is 11.5 Å². The lowest BCUT2D eigenvalue weighted by molar-refractivity contribution is -0.344. The molecule has 0 spiro atoms. The number of epoxide rings is 1. The molecular formula is C23H28O13. The van der Waals surface area contributed by atoms with E-state index in [4.69, 9.17) is 28.4 Å². The molecule has 36 heavy (non-hydrogen) atoms. The van der Waals surface area contributed by atoms with Crippen LogP contribution in [0.3, 0.4) is 0 Å². The lowest BCUT2D eigenvalue weighted by atomic mass is 9.85. The van der Waals surface area contributed by atoms with Crippen molar-refractivity contribution < 1.29 is 63.9 Å². The summed E-state index contributed by atoms with van der Waals surface area (Å²) in [6, 6.07) is 4.02. The molecule has 0 radical (unpaired) electrons. The van der Waals surface area contributed by atoms with Crippen LogP contribution in [0, 0.1) is 11.8 Å². The number of benzene rings is 1. The first-order chi connectivity index (χ1) is 17.2. The van der Waals surface area contributed by atoms with Crippen molar-refractivity contribution in [2.75, 3.05) is 20.3 Å². The molecule has 11 atom stereocenters. The molecule has 0 bridgehead atoms. The van der Waals surface area contributed by atoms with E-state index in [-0.39, 0.29) is 17.1 Å². The molecule has 198 valence electrons. The fourth-order valence-electron chi connectivity index (χ4n) is 5.28. The number of aromatic hydroxyl groups is 1. The zero-order chi connectivity index (χ0) is 25.8. The second-order valence-corrected chi connectivity index (χ2v) is 9.18. The average molecular weight is 512 g/mol. The van der Waals surface area contributed by atoms with Gasteiger partial charge >= 0.3 is 5.97 Å². The van der Waals surface area contributed by atoms with Crippen molar-refractivity contribution >= 4 is 5.97 Å². The van der Waals surface area contributed by atoms with Crippen LogP contribution in [-0.4, -0.2) is 112 Å². The molecule has 0 unspecified atom stereocenters. The number of aliphatic hydroxyl groups excluding tert-OH is 5. The average Bonchev–Trinajstić information content (AvgIpc) is 3.56. The molecule has 0 aromatic heterocycles. The van der Waals surface area contributed by atoms with Gasteiger partial charge in [0.2, 0.25) is 6.29 Å². The standard InChI is InChI=1S/C23H28O13/c1-31-12-6-9(2-3-11(12)26)20(30)34-18-10-4-5-32-21(14(10)23(8-25)19(18)36-23)35-22-17(29)16(28)15(27)13(7-24)33-22/h2-6,10,13-19,21-22,24-29H,7-8H2,1H3/t10-,13-,14-,15-,16+,17-,18-,19+,21-,22+,23-/m1/s1. The van der Waals surface area contributed by atoms with Crippen LogP contribution < -0.4 is 4.74 Å². The number of phenolic OH excluding ortho intramolecular Hbond substituents is 1. The number of fused-ring (bicyclic) bond motifs is 3. The van der Waals surface area contributed by atoms with E-state index in [1.165, 1.54) is 31.6 Å². The van der Waals surface area contributed by atoms with Gasteiger partial charge in [0.15, 0.2) is 17.8 Å². The van der Waals surface area contributed by atoms with E-state index < -0.39 is 85.8 Å². The Balaban J connectivity index is 1.35. The summed E-state index contributed by atoms with van der Waals surface area (Å²) in [6.45, 7) is -1.07. The second-order valence-electron chi connectivity index (χ2n) is 9.18. The van der Waals surface area contributed by atoms with Gasteiger partial charge in [0.05, 0.1) is 38.1 Å². The van der Waals surface area contributed by atoms with Crippen molar-refractivity contribution in [3.8, 4) is 11.5 Å². The number of phenols is 1. The van der Waals surface area contributed by atoms with Crippen LogP contribution in [0.1, 0.15) is 10.4 Å². The van der Waals surface area contributed by atoms with Crippen LogP contribution in [0.2, 0.25) is 0 Å². The number of hydrogen-bond acceptors (Lipinski definition) is 13. The van der Waals surface area contributed by atoms with E-state index >= 15 is 0 Å².